The van der Waals surface area contributed by atoms with Crippen molar-refractivity contribution in [3.63, 3.8) is 0 Å². The molecule has 0 aromatic carbocycles. The van der Waals surface area contributed by atoms with Crippen LogP contribution in [-0.4, -0.2) is 41.6 Å². The van der Waals surface area contributed by atoms with Crippen LogP contribution in [0.4, 0.5) is 0 Å². The number of methoxy groups -OCH3 is 1. The number of hydrogen-bond acceptors (Lipinski definition) is 4. The Labute approximate surface area is 103 Å². The summed E-state index contributed by atoms with van der Waals surface area (Å²) in [6.45, 7) is 5.95. The van der Waals surface area contributed by atoms with Crippen molar-refractivity contribution < 1.29 is 4.74 Å². The van der Waals surface area contributed by atoms with Gasteiger partial charge in [0.05, 0.1) is 6.61 Å². The molecule has 0 spiro atoms. The number of nitrogens with one attached hydrogen (secondary N) is 1. The molecular formula is C12H22N4O. The first-order chi connectivity index (χ1) is 8.32. The average molecular weight is 238 g/mol. The van der Waals surface area contributed by atoms with E-state index in [0.717, 1.165) is 44.7 Å². The molecule has 0 atom stereocenters. The first kappa shape index (κ1) is 12.5. The third-order valence-electron chi connectivity index (χ3n) is 3.86. The highest BCUT2D eigenvalue weighted by Gasteiger charge is 2.36. The van der Waals surface area contributed by atoms with E-state index >= 15 is 0 Å². The molecule has 1 aromatic rings. The Morgan fingerprint density at radius 3 is 2.88 bits per heavy atom. The summed E-state index contributed by atoms with van der Waals surface area (Å²) in [7, 11) is 1.73. The number of piperidine rings is 1. The lowest BCUT2D eigenvalue weighted by Crippen LogP contribution is -2.41. The molecular weight excluding hydrogens is 216 g/mol. The topological polar surface area (TPSA) is 52.0 Å². The van der Waals surface area contributed by atoms with E-state index in [4.69, 9.17) is 4.74 Å². The van der Waals surface area contributed by atoms with E-state index in [1.165, 1.54) is 0 Å². The van der Waals surface area contributed by atoms with Crippen LogP contribution in [0, 0.1) is 0 Å². The zero-order chi connectivity index (χ0) is 12.1. The fourth-order valence-electron chi connectivity index (χ4n) is 2.66. The highest BCUT2D eigenvalue weighted by Crippen LogP contribution is 2.35. The quantitative estimate of drug-likeness (QED) is 0.830. The number of nitrogens with zero attached hydrogens (tertiary/aromatic N) is 3. The molecule has 1 fully saturated rings. The molecule has 5 nitrogen and oxygen atoms in total. The van der Waals surface area contributed by atoms with Gasteiger partial charge in [0.2, 0.25) is 0 Å². The lowest BCUT2D eigenvalue weighted by Gasteiger charge is -2.36. The molecule has 0 unspecified atom stereocenters. The van der Waals surface area contributed by atoms with Crippen molar-refractivity contribution in [3.8, 4) is 0 Å². The van der Waals surface area contributed by atoms with Crippen molar-refractivity contribution in [3.05, 3.63) is 12.2 Å². The number of ether oxygens (including phenoxy) is 1. The van der Waals surface area contributed by atoms with Crippen LogP contribution in [-0.2, 0) is 16.7 Å². The van der Waals surface area contributed by atoms with Crippen molar-refractivity contribution in [2.45, 2.75) is 38.1 Å². The fourth-order valence-corrected chi connectivity index (χ4v) is 2.66. The Morgan fingerprint density at radius 1 is 1.47 bits per heavy atom. The van der Waals surface area contributed by atoms with E-state index in [9.17, 15) is 0 Å². The normalized spacial score (nSPS) is 19.4. The summed E-state index contributed by atoms with van der Waals surface area (Å²) in [4.78, 5) is 0. The second-order valence-corrected chi connectivity index (χ2v) is 4.72. The van der Waals surface area contributed by atoms with Crippen molar-refractivity contribution in [2.75, 3.05) is 26.8 Å². The molecule has 5 heteroatoms. The minimum Gasteiger partial charge on any atom is -0.383 e. The third-order valence-corrected chi connectivity index (χ3v) is 3.86. The number of hydrogen-bond donors (Lipinski definition) is 1. The van der Waals surface area contributed by atoms with E-state index in [-0.39, 0.29) is 5.41 Å². The van der Waals surface area contributed by atoms with Gasteiger partial charge >= 0.3 is 0 Å². The minimum absolute atomic E-state index is 0.204. The first-order valence-electron chi connectivity index (χ1n) is 6.40. The SMILES string of the molecule is CCC1(c2nncn2CCOC)CCNCC1. The summed E-state index contributed by atoms with van der Waals surface area (Å²) in [5.41, 5.74) is 0.204. The standard InChI is InChI=1S/C12H22N4O/c1-3-12(4-6-13-7-5-12)11-15-14-10-16(11)8-9-17-2/h10,13H,3-9H2,1-2H3. The molecule has 2 heterocycles. The molecule has 1 aromatic heterocycles. The summed E-state index contributed by atoms with van der Waals surface area (Å²) < 4.78 is 7.29. The van der Waals surface area contributed by atoms with E-state index in [1.807, 2.05) is 6.33 Å². The summed E-state index contributed by atoms with van der Waals surface area (Å²) in [5.74, 6) is 1.14. The van der Waals surface area contributed by atoms with Gasteiger partial charge in [0, 0.05) is 19.1 Å². The Balaban J connectivity index is 2.20. The van der Waals surface area contributed by atoms with Crippen molar-refractivity contribution in [1.29, 1.82) is 0 Å². The maximum Gasteiger partial charge on any atom is 0.139 e. The predicted octanol–water partition coefficient (Wildman–Crippen LogP) is 0.956. The van der Waals surface area contributed by atoms with Crippen LogP contribution >= 0.6 is 0 Å². The van der Waals surface area contributed by atoms with Crippen LogP contribution in [0.2, 0.25) is 0 Å². The van der Waals surface area contributed by atoms with E-state index in [0.29, 0.717) is 6.61 Å². The summed E-state index contributed by atoms with van der Waals surface area (Å²) >= 11 is 0. The van der Waals surface area contributed by atoms with Crippen molar-refractivity contribution in [1.82, 2.24) is 20.1 Å². The molecule has 1 aliphatic heterocycles. The van der Waals surface area contributed by atoms with Crippen molar-refractivity contribution in [2.24, 2.45) is 0 Å². The van der Waals surface area contributed by atoms with Gasteiger partial charge in [0.15, 0.2) is 0 Å². The van der Waals surface area contributed by atoms with E-state index in [1.54, 1.807) is 7.11 Å². The minimum atomic E-state index is 0.204. The smallest absolute Gasteiger partial charge is 0.139 e. The third kappa shape index (κ3) is 2.50. The van der Waals surface area contributed by atoms with Gasteiger partial charge < -0.3 is 14.6 Å². The molecule has 0 bridgehead atoms. The van der Waals surface area contributed by atoms with E-state index < -0.39 is 0 Å². The van der Waals surface area contributed by atoms with Gasteiger partial charge in [-0.2, -0.15) is 0 Å². The monoisotopic (exact) mass is 238 g/mol. The Hall–Kier alpha value is -0.940. The second-order valence-electron chi connectivity index (χ2n) is 4.72. The number of aromatic nitrogens is 3. The summed E-state index contributed by atoms with van der Waals surface area (Å²) in [6.07, 6.45) is 5.25. The summed E-state index contributed by atoms with van der Waals surface area (Å²) in [5, 5.41) is 11.9. The maximum absolute atomic E-state index is 5.14. The molecule has 0 aliphatic carbocycles. The van der Waals surface area contributed by atoms with Crippen LogP contribution in [0.1, 0.15) is 32.0 Å². The van der Waals surface area contributed by atoms with Gasteiger partial charge in [-0.05, 0) is 32.4 Å². The van der Waals surface area contributed by atoms with Crippen LogP contribution in [0.3, 0.4) is 0 Å². The highest BCUT2D eigenvalue weighted by molar-refractivity contribution is 5.10. The van der Waals surface area contributed by atoms with Gasteiger partial charge in [-0.3, -0.25) is 0 Å². The van der Waals surface area contributed by atoms with E-state index in [2.05, 4.69) is 27.0 Å². The molecule has 0 amide bonds. The Kier molecular flexibility index (Phi) is 4.12. The molecule has 2 rings (SSSR count). The Morgan fingerprint density at radius 2 is 2.24 bits per heavy atom. The molecule has 0 saturated carbocycles. The Bertz CT molecular complexity index is 344. The lowest BCUT2D eigenvalue weighted by atomic mass is 9.76. The van der Waals surface area contributed by atoms with Crippen LogP contribution in [0.15, 0.2) is 6.33 Å². The van der Waals surface area contributed by atoms with Crippen molar-refractivity contribution >= 4 is 0 Å². The molecule has 1 aliphatic rings. The zero-order valence-corrected chi connectivity index (χ0v) is 10.8. The largest absolute Gasteiger partial charge is 0.383 e. The van der Waals surface area contributed by atoms with Gasteiger partial charge in [0.1, 0.15) is 12.2 Å². The number of rotatable bonds is 5. The first-order valence-corrected chi connectivity index (χ1v) is 6.40. The van der Waals surface area contributed by atoms with Gasteiger partial charge in [-0.15, -0.1) is 10.2 Å². The second kappa shape index (κ2) is 5.60. The average Bonchev–Trinajstić information content (AvgIpc) is 2.86. The van der Waals surface area contributed by atoms with Gasteiger partial charge in [0.25, 0.3) is 0 Å². The molecule has 17 heavy (non-hydrogen) atoms. The molecule has 1 saturated heterocycles. The maximum atomic E-state index is 5.14. The molecule has 96 valence electrons. The lowest BCUT2D eigenvalue weighted by molar-refractivity contribution is 0.181. The highest BCUT2D eigenvalue weighted by atomic mass is 16.5. The van der Waals surface area contributed by atoms with Gasteiger partial charge in [-0.25, -0.2) is 0 Å². The molecule has 1 N–H and O–H groups in total. The predicted molar refractivity (Wildman–Crippen MR) is 66.0 cm³/mol. The van der Waals surface area contributed by atoms with Gasteiger partial charge in [-0.1, -0.05) is 6.92 Å². The van der Waals surface area contributed by atoms with Crippen LogP contribution in [0.25, 0.3) is 0 Å². The zero-order valence-electron chi connectivity index (χ0n) is 10.8. The molecule has 0 radical (unpaired) electrons. The fraction of sp³-hybridized carbons (Fsp3) is 0.833. The summed E-state index contributed by atoms with van der Waals surface area (Å²) in [6, 6.07) is 0. The van der Waals surface area contributed by atoms with Crippen LogP contribution < -0.4 is 5.32 Å². The van der Waals surface area contributed by atoms with Crippen LogP contribution in [0.5, 0.6) is 0 Å².